The first kappa shape index (κ1) is 14.4. The molecule has 17 heavy (non-hydrogen) atoms. The van der Waals surface area contributed by atoms with Crippen molar-refractivity contribution in [1.82, 2.24) is 4.31 Å². The zero-order chi connectivity index (χ0) is 13.1. The second-order valence-electron chi connectivity index (χ2n) is 4.17. The Morgan fingerprint density at radius 2 is 2.18 bits per heavy atom. The Bertz CT molecular complexity index is 380. The fraction of sp³-hybridized carbons (Fsp3) is 0.900. The molecule has 1 saturated heterocycles. The van der Waals surface area contributed by atoms with E-state index in [1.54, 1.807) is 6.92 Å². The minimum absolute atomic E-state index is 0.0816. The summed E-state index contributed by atoms with van der Waals surface area (Å²) >= 11 is 0. The third kappa shape index (κ3) is 2.61. The number of aliphatic carboxylic acids is 1. The molecule has 0 saturated carbocycles. The van der Waals surface area contributed by atoms with E-state index in [0.717, 1.165) is 4.31 Å². The van der Waals surface area contributed by atoms with Crippen molar-refractivity contribution < 1.29 is 23.1 Å². The molecule has 0 amide bonds. The van der Waals surface area contributed by atoms with Gasteiger partial charge in [-0.15, -0.1) is 0 Å². The van der Waals surface area contributed by atoms with E-state index in [0.29, 0.717) is 12.8 Å². The first-order valence-electron chi connectivity index (χ1n) is 5.63. The van der Waals surface area contributed by atoms with Crippen molar-refractivity contribution in [2.75, 3.05) is 26.0 Å². The summed E-state index contributed by atoms with van der Waals surface area (Å²) < 4.78 is 30.0. The third-order valence-electron chi connectivity index (χ3n) is 3.29. The Kier molecular flexibility index (Phi) is 4.51. The zero-order valence-electron chi connectivity index (χ0n) is 10.2. The Morgan fingerprint density at radius 3 is 2.65 bits per heavy atom. The van der Waals surface area contributed by atoms with Crippen molar-refractivity contribution in [2.24, 2.45) is 0 Å². The van der Waals surface area contributed by atoms with Crippen LogP contribution in [-0.2, 0) is 19.6 Å². The molecule has 7 heteroatoms. The fourth-order valence-corrected chi connectivity index (χ4v) is 4.11. The molecule has 0 bridgehead atoms. The minimum atomic E-state index is -3.56. The first-order chi connectivity index (χ1) is 7.90. The van der Waals surface area contributed by atoms with Crippen LogP contribution in [0.2, 0.25) is 0 Å². The van der Waals surface area contributed by atoms with Gasteiger partial charge < -0.3 is 9.84 Å². The number of carboxylic acid groups (broad SMARTS) is 1. The molecule has 0 spiro atoms. The van der Waals surface area contributed by atoms with E-state index >= 15 is 0 Å². The van der Waals surface area contributed by atoms with Gasteiger partial charge in [-0.3, -0.25) is 4.79 Å². The van der Waals surface area contributed by atoms with Crippen LogP contribution in [0.15, 0.2) is 0 Å². The molecule has 1 aliphatic heterocycles. The highest BCUT2D eigenvalue weighted by atomic mass is 32.2. The fourth-order valence-electron chi connectivity index (χ4n) is 2.28. The first-order valence-corrected chi connectivity index (χ1v) is 7.24. The molecule has 100 valence electrons. The summed E-state index contributed by atoms with van der Waals surface area (Å²) in [7, 11) is -2.14. The summed E-state index contributed by atoms with van der Waals surface area (Å²) in [5.74, 6) is -1.23. The van der Waals surface area contributed by atoms with Crippen LogP contribution in [0.3, 0.4) is 0 Å². The van der Waals surface area contributed by atoms with Crippen LogP contribution in [0.4, 0.5) is 0 Å². The lowest BCUT2D eigenvalue weighted by Crippen LogP contribution is -2.53. The minimum Gasteiger partial charge on any atom is -0.480 e. The molecule has 1 fully saturated rings. The highest BCUT2D eigenvalue weighted by Gasteiger charge is 2.51. The second kappa shape index (κ2) is 5.32. The molecule has 6 nitrogen and oxygen atoms in total. The smallest absolute Gasteiger partial charge is 0.325 e. The SMILES string of the molecule is CCC1(C(=O)O)CCCN1S(=O)(=O)CCOC. The summed E-state index contributed by atoms with van der Waals surface area (Å²) in [6.45, 7) is 2.07. The van der Waals surface area contributed by atoms with Crippen LogP contribution in [-0.4, -0.2) is 55.4 Å². The molecule has 1 unspecified atom stereocenters. The van der Waals surface area contributed by atoms with Gasteiger partial charge in [0.25, 0.3) is 0 Å². The van der Waals surface area contributed by atoms with E-state index in [9.17, 15) is 18.3 Å². The summed E-state index contributed by atoms with van der Waals surface area (Å²) in [6.07, 6.45) is 1.26. The van der Waals surface area contributed by atoms with E-state index in [1.807, 2.05) is 0 Å². The molecule has 1 heterocycles. The van der Waals surface area contributed by atoms with Crippen molar-refractivity contribution in [3.8, 4) is 0 Å². The van der Waals surface area contributed by atoms with Gasteiger partial charge in [-0.25, -0.2) is 8.42 Å². The molecule has 1 aliphatic rings. The molecule has 1 N–H and O–H groups in total. The Morgan fingerprint density at radius 1 is 1.53 bits per heavy atom. The molecule has 0 aromatic heterocycles. The molecule has 0 aliphatic carbocycles. The summed E-state index contributed by atoms with van der Waals surface area (Å²) in [6, 6.07) is 0. The van der Waals surface area contributed by atoms with Crippen molar-refractivity contribution in [3.05, 3.63) is 0 Å². The predicted octanol–water partition coefficient (Wildman–Crippen LogP) is 0.292. The maximum Gasteiger partial charge on any atom is 0.325 e. The number of hydrogen-bond acceptors (Lipinski definition) is 4. The van der Waals surface area contributed by atoms with Crippen LogP contribution in [0.25, 0.3) is 0 Å². The van der Waals surface area contributed by atoms with Gasteiger partial charge in [0.15, 0.2) is 0 Å². The van der Waals surface area contributed by atoms with Crippen LogP contribution in [0.1, 0.15) is 26.2 Å². The van der Waals surface area contributed by atoms with Gasteiger partial charge in [0.05, 0.1) is 12.4 Å². The number of nitrogens with zero attached hydrogens (tertiary/aromatic N) is 1. The number of carbonyl (C=O) groups is 1. The van der Waals surface area contributed by atoms with Crippen LogP contribution >= 0.6 is 0 Å². The molecular formula is C10H19NO5S. The van der Waals surface area contributed by atoms with E-state index in [2.05, 4.69) is 0 Å². The Hall–Kier alpha value is -0.660. The van der Waals surface area contributed by atoms with Crippen molar-refractivity contribution >= 4 is 16.0 Å². The number of carboxylic acids is 1. The number of ether oxygens (including phenoxy) is 1. The standard InChI is InChI=1S/C10H19NO5S/c1-3-10(9(12)13)5-4-6-11(10)17(14,15)8-7-16-2/h3-8H2,1-2H3,(H,12,13). The maximum atomic E-state index is 12.1. The van der Waals surface area contributed by atoms with Crippen LogP contribution < -0.4 is 0 Å². The molecule has 0 aromatic rings. The monoisotopic (exact) mass is 265 g/mol. The van der Waals surface area contributed by atoms with Gasteiger partial charge in [0, 0.05) is 13.7 Å². The van der Waals surface area contributed by atoms with Gasteiger partial charge in [0.2, 0.25) is 10.0 Å². The Balaban J connectivity index is 2.99. The average Bonchev–Trinajstić information content (AvgIpc) is 2.72. The van der Waals surface area contributed by atoms with E-state index < -0.39 is 21.5 Å². The molecule has 0 aromatic carbocycles. The topological polar surface area (TPSA) is 83.9 Å². The van der Waals surface area contributed by atoms with Crippen LogP contribution in [0, 0.1) is 0 Å². The molecule has 1 rings (SSSR count). The van der Waals surface area contributed by atoms with Crippen molar-refractivity contribution in [3.63, 3.8) is 0 Å². The highest BCUT2D eigenvalue weighted by molar-refractivity contribution is 7.89. The quantitative estimate of drug-likeness (QED) is 0.746. The second-order valence-corrected chi connectivity index (χ2v) is 6.19. The summed E-state index contributed by atoms with van der Waals surface area (Å²) in [5, 5.41) is 9.29. The number of methoxy groups -OCH3 is 1. The molecule has 0 radical (unpaired) electrons. The van der Waals surface area contributed by atoms with Gasteiger partial charge >= 0.3 is 5.97 Å². The van der Waals surface area contributed by atoms with Crippen molar-refractivity contribution in [1.29, 1.82) is 0 Å². The van der Waals surface area contributed by atoms with Gasteiger partial charge in [0.1, 0.15) is 5.54 Å². The van der Waals surface area contributed by atoms with Gasteiger partial charge in [-0.1, -0.05) is 6.92 Å². The Labute approximate surface area is 102 Å². The van der Waals surface area contributed by atoms with E-state index in [4.69, 9.17) is 4.74 Å². The predicted molar refractivity (Wildman–Crippen MR) is 62.3 cm³/mol. The summed E-state index contributed by atoms with van der Waals surface area (Å²) in [4.78, 5) is 11.3. The lowest BCUT2D eigenvalue weighted by atomic mass is 9.95. The van der Waals surface area contributed by atoms with E-state index in [1.165, 1.54) is 7.11 Å². The number of hydrogen-bond donors (Lipinski definition) is 1. The van der Waals surface area contributed by atoms with Crippen molar-refractivity contribution in [2.45, 2.75) is 31.7 Å². The maximum absolute atomic E-state index is 12.1. The van der Waals surface area contributed by atoms with Crippen LogP contribution in [0.5, 0.6) is 0 Å². The van der Waals surface area contributed by atoms with Gasteiger partial charge in [-0.2, -0.15) is 4.31 Å². The largest absolute Gasteiger partial charge is 0.480 e. The summed E-state index contributed by atoms with van der Waals surface area (Å²) in [5.41, 5.74) is -1.26. The normalized spacial score (nSPS) is 26.2. The highest BCUT2D eigenvalue weighted by Crippen LogP contribution is 2.35. The van der Waals surface area contributed by atoms with E-state index in [-0.39, 0.29) is 25.3 Å². The lowest BCUT2D eigenvalue weighted by molar-refractivity contribution is -0.147. The van der Waals surface area contributed by atoms with Gasteiger partial charge in [-0.05, 0) is 19.3 Å². The molecular weight excluding hydrogens is 246 g/mol. The third-order valence-corrected chi connectivity index (χ3v) is 5.18. The lowest BCUT2D eigenvalue weighted by Gasteiger charge is -2.32. The molecule has 1 atom stereocenters. The number of sulfonamides is 1. The zero-order valence-corrected chi connectivity index (χ0v) is 11.0. The number of rotatable bonds is 6. The average molecular weight is 265 g/mol.